The molecule has 1 atom stereocenters. The molecule has 0 aliphatic heterocycles. The van der Waals surface area contributed by atoms with Gasteiger partial charge in [0.25, 0.3) is 0 Å². The van der Waals surface area contributed by atoms with Crippen LogP contribution >= 0.6 is 0 Å². The molecule has 7 nitrogen and oxygen atoms in total. The maximum absolute atomic E-state index is 13.7. The van der Waals surface area contributed by atoms with Gasteiger partial charge in [0.1, 0.15) is 30.4 Å². The van der Waals surface area contributed by atoms with E-state index in [1.165, 1.54) is 58.7 Å². The summed E-state index contributed by atoms with van der Waals surface area (Å²) in [5.74, 6) is 0.0116. The summed E-state index contributed by atoms with van der Waals surface area (Å²) in [6, 6.07) is 10.7. The largest absolute Gasteiger partial charge is 0.416 e. The summed E-state index contributed by atoms with van der Waals surface area (Å²) in [5, 5.41) is 19.7. The molecule has 11 heteroatoms. The number of aliphatic hydroxyl groups is 1. The van der Waals surface area contributed by atoms with Gasteiger partial charge in [0, 0.05) is 6.42 Å². The van der Waals surface area contributed by atoms with Crippen LogP contribution in [0.4, 0.5) is 17.6 Å². The zero-order chi connectivity index (χ0) is 22.8. The van der Waals surface area contributed by atoms with Crippen molar-refractivity contribution in [1.29, 1.82) is 0 Å². The Labute approximate surface area is 180 Å². The van der Waals surface area contributed by atoms with Crippen LogP contribution in [0.5, 0.6) is 0 Å². The minimum atomic E-state index is -4.66. The van der Waals surface area contributed by atoms with Crippen molar-refractivity contribution in [2.24, 2.45) is 0 Å². The first-order valence-corrected chi connectivity index (χ1v) is 9.57. The number of hydrogen-bond donors (Lipinski definition) is 1. The van der Waals surface area contributed by atoms with Crippen molar-refractivity contribution in [2.75, 3.05) is 0 Å². The monoisotopic (exact) mass is 446 g/mol. The van der Waals surface area contributed by atoms with Gasteiger partial charge in [-0.05, 0) is 29.3 Å². The molecule has 0 aliphatic carbocycles. The third kappa shape index (κ3) is 4.83. The average molecular weight is 446 g/mol. The number of halogens is 4. The van der Waals surface area contributed by atoms with Crippen LogP contribution in [0, 0.1) is 5.82 Å². The van der Waals surface area contributed by atoms with Gasteiger partial charge >= 0.3 is 6.18 Å². The molecular formula is C21H18F4N6O. The van der Waals surface area contributed by atoms with Gasteiger partial charge in [0.05, 0.1) is 18.7 Å². The zero-order valence-corrected chi connectivity index (χ0v) is 16.6. The van der Waals surface area contributed by atoms with E-state index in [4.69, 9.17) is 0 Å². The molecular weight excluding hydrogens is 428 g/mol. The van der Waals surface area contributed by atoms with E-state index < -0.39 is 17.3 Å². The molecule has 32 heavy (non-hydrogen) atoms. The molecule has 0 fully saturated rings. The second kappa shape index (κ2) is 8.50. The zero-order valence-electron chi connectivity index (χ0n) is 16.6. The molecule has 4 aromatic rings. The van der Waals surface area contributed by atoms with Crippen molar-refractivity contribution >= 4 is 0 Å². The lowest BCUT2D eigenvalue weighted by molar-refractivity contribution is -0.141. The maximum atomic E-state index is 13.7. The van der Waals surface area contributed by atoms with Crippen molar-refractivity contribution in [3.05, 3.63) is 95.8 Å². The van der Waals surface area contributed by atoms with Crippen molar-refractivity contribution < 1.29 is 22.7 Å². The number of rotatable bonds is 7. The Hall–Kier alpha value is -3.60. The molecule has 0 aliphatic rings. The fourth-order valence-corrected chi connectivity index (χ4v) is 3.48. The molecule has 166 valence electrons. The van der Waals surface area contributed by atoms with E-state index in [0.29, 0.717) is 12.2 Å². The van der Waals surface area contributed by atoms with Gasteiger partial charge in [0.15, 0.2) is 5.82 Å². The first-order valence-electron chi connectivity index (χ1n) is 9.57. The Morgan fingerprint density at radius 3 is 2.22 bits per heavy atom. The fourth-order valence-electron chi connectivity index (χ4n) is 3.48. The third-order valence-corrected chi connectivity index (χ3v) is 4.91. The van der Waals surface area contributed by atoms with E-state index >= 15 is 0 Å². The van der Waals surface area contributed by atoms with E-state index in [0.717, 1.165) is 11.6 Å². The van der Waals surface area contributed by atoms with E-state index in [-0.39, 0.29) is 24.5 Å². The number of hydrogen-bond acceptors (Lipinski definition) is 5. The van der Waals surface area contributed by atoms with Gasteiger partial charge in [-0.15, -0.1) is 0 Å². The lowest BCUT2D eigenvalue weighted by Crippen LogP contribution is -2.38. The average Bonchev–Trinajstić information content (AvgIpc) is 3.41. The van der Waals surface area contributed by atoms with E-state index in [1.807, 2.05) is 0 Å². The first kappa shape index (κ1) is 21.6. The molecule has 4 rings (SSSR count). The normalized spacial score (nSPS) is 13.8. The standard InChI is InChI=1S/C21H18F4N6O/c22-16-7-5-15(6-8-16)9-19-27-14-31(29-19)11-20(32,10-30-13-26-12-28-30)17-3-1-2-4-18(17)21(23,24)25/h1-8,12-14,32H,9-11H2. The van der Waals surface area contributed by atoms with Crippen LogP contribution in [-0.4, -0.2) is 34.6 Å². The highest BCUT2D eigenvalue weighted by Crippen LogP contribution is 2.38. The van der Waals surface area contributed by atoms with Crippen LogP contribution in [0.2, 0.25) is 0 Å². The molecule has 0 spiro atoms. The minimum Gasteiger partial charge on any atom is -0.381 e. The van der Waals surface area contributed by atoms with Gasteiger partial charge in [0.2, 0.25) is 0 Å². The predicted octanol–water partition coefficient (Wildman–Crippen LogP) is 3.21. The summed E-state index contributed by atoms with van der Waals surface area (Å²) >= 11 is 0. The predicted molar refractivity (Wildman–Crippen MR) is 105 cm³/mol. The van der Waals surface area contributed by atoms with Crippen LogP contribution < -0.4 is 0 Å². The molecule has 0 saturated heterocycles. The smallest absolute Gasteiger partial charge is 0.381 e. The summed E-state index contributed by atoms with van der Waals surface area (Å²) in [7, 11) is 0. The molecule has 2 aromatic carbocycles. The highest BCUT2D eigenvalue weighted by molar-refractivity contribution is 5.34. The lowest BCUT2D eigenvalue weighted by Gasteiger charge is -2.30. The SMILES string of the molecule is OC(Cn1cncn1)(Cn1cnc(Cc2ccc(F)cc2)n1)c1ccccc1C(F)(F)F. The van der Waals surface area contributed by atoms with Gasteiger partial charge in [-0.2, -0.15) is 23.4 Å². The second-order valence-electron chi connectivity index (χ2n) is 7.33. The Morgan fingerprint density at radius 1 is 0.875 bits per heavy atom. The Bertz CT molecular complexity index is 1170. The lowest BCUT2D eigenvalue weighted by atomic mass is 9.89. The molecule has 1 N–H and O–H groups in total. The van der Waals surface area contributed by atoms with Crippen LogP contribution in [0.15, 0.2) is 67.5 Å². The molecule has 0 saturated carbocycles. The summed E-state index contributed by atoms with van der Waals surface area (Å²) in [5.41, 5.74) is -2.50. The quantitative estimate of drug-likeness (QED) is 0.441. The van der Waals surface area contributed by atoms with E-state index in [9.17, 15) is 22.7 Å². The van der Waals surface area contributed by atoms with Crippen LogP contribution in [-0.2, 0) is 31.3 Å². The highest BCUT2D eigenvalue weighted by atomic mass is 19.4. The Morgan fingerprint density at radius 2 is 1.56 bits per heavy atom. The second-order valence-corrected chi connectivity index (χ2v) is 7.33. The summed E-state index contributed by atoms with van der Waals surface area (Å²) in [6.07, 6.45) is -0.493. The van der Waals surface area contributed by atoms with Crippen molar-refractivity contribution in [3.8, 4) is 0 Å². The third-order valence-electron chi connectivity index (χ3n) is 4.91. The Kier molecular flexibility index (Phi) is 5.74. The molecule has 0 amide bonds. The first-order chi connectivity index (χ1) is 15.2. The van der Waals surface area contributed by atoms with E-state index in [2.05, 4.69) is 20.2 Å². The number of aromatic nitrogens is 6. The molecule has 1 unspecified atom stereocenters. The van der Waals surface area contributed by atoms with Gasteiger partial charge < -0.3 is 5.11 Å². The summed E-state index contributed by atoms with van der Waals surface area (Å²) in [6.45, 7) is -0.594. The maximum Gasteiger partial charge on any atom is 0.416 e. The summed E-state index contributed by atoms with van der Waals surface area (Å²) < 4.78 is 56.6. The number of nitrogens with zero attached hydrogens (tertiary/aromatic N) is 6. The van der Waals surface area contributed by atoms with Gasteiger partial charge in [-0.1, -0.05) is 30.3 Å². The molecule has 2 aromatic heterocycles. The van der Waals surface area contributed by atoms with E-state index in [1.54, 1.807) is 12.1 Å². The molecule has 2 heterocycles. The minimum absolute atomic E-state index is 0.284. The fraction of sp³-hybridized carbons (Fsp3) is 0.238. The van der Waals surface area contributed by atoms with Crippen LogP contribution in [0.3, 0.4) is 0 Å². The topological polar surface area (TPSA) is 81.6 Å². The van der Waals surface area contributed by atoms with Crippen molar-refractivity contribution in [2.45, 2.75) is 31.3 Å². The Balaban J connectivity index is 1.65. The van der Waals surface area contributed by atoms with Gasteiger partial charge in [-0.25, -0.2) is 23.7 Å². The molecule has 0 radical (unpaired) electrons. The van der Waals surface area contributed by atoms with Crippen molar-refractivity contribution in [3.63, 3.8) is 0 Å². The van der Waals surface area contributed by atoms with Crippen molar-refractivity contribution in [1.82, 2.24) is 29.5 Å². The van der Waals surface area contributed by atoms with Gasteiger partial charge in [-0.3, -0.25) is 0 Å². The highest BCUT2D eigenvalue weighted by Gasteiger charge is 2.41. The van der Waals surface area contributed by atoms with Crippen LogP contribution in [0.1, 0.15) is 22.5 Å². The number of benzene rings is 2. The summed E-state index contributed by atoms with van der Waals surface area (Å²) in [4.78, 5) is 7.96. The molecule has 0 bridgehead atoms. The number of alkyl halides is 3. The van der Waals surface area contributed by atoms with Crippen LogP contribution in [0.25, 0.3) is 0 Å².